The van der Waals surface area contributed by atoms with Crippen molar-refractivity contribution in [2.24, 2.45) is 0 Å². The zero-order valence-corrected chi connectivity index (χ0v) is 12.1. The fraction of sp³-hybridized carbons (Fsp3) is 0. The predicted octanol–water partition coefficient (Wildman–Crippen LogP) is 3.37. The third kappa shape index (κ3) is 2.48. The number of carbonyl (C=O) groups is 1. The first kappa shape index (κ1) is 13.6. The van der Waals surface area contributed by atoms with Gasteiger partial charge in [0.25, 0.3) is 0 Å². The second kappa shape index (κ2) is 5.19. The number of nitrogens with zero attached hydrogens (tertiary/aromatic N) is 2. The second-order valence-electron chi connectivity index (χ2n) is 4.29. The van der Waals surface area contributed by atoms with Crippen molar-refractivity contribution in [1.29, 1.82) is 0 Å². The fourth-order valence-corrected chi connectivity index (χ4v) is 2.65. The number of nitrogens with two attached hydrogens (primary N) is 1. The molecule has 0 bridgehead atoms. The number of hydrogen-bond donors (Lipinski definition) is 3. The number of halogens is 1. The molecule has 6 nitrogen and oxygen atoms in total. The van der Waals surface area contributed by atoms with E-state index in [1.165, 1.54) is 12.1 Å². The van der Waals surface area contributed by atoms with Gasteiger partial charge in [0.05, 0.1) is 28.0 Å². The van der Waals surface area contributed by atoms with Crippen LogP contribution < -0.4 is 11.1 Å². The molecule has 0 amide bonds. The normalized spacial score (nSPS) is 10.7. The number of nitrogen functional groups attached to an aromatic ring is 1. The van der Waals surface area contributed by atoms with Gasteiger partial charge >= 0.3 is 5.97 Å². The molecule has 0 unspecified atom stereocenters. The van der Waals surface area contributed by atoms with E-state index in [4.69, 9.17) is 22.4 Å². The molecule has 1 aromatic heterocycles. The summed E-state index contributed by atoms with van der Waals surface area (Å²) in [4.78, 5) is 11.1. The molecule has 2 aromatic carbocycles. The van der Waals surface area contributed by atoms with Gasteiger partial charge in [-0.15, -0.1) is 0 Å². The Morgan fingerprint density at radius 2 is 2.10 bits per heavy atom. The highest BCUT2D eigenvalue weighted by molar-refractivity contribution is 7.00. The molecule has 0 aliphatic heterocycles. The van der Waals surface area contributed by atoms with E-state index in [0.29, 0.717) is 21.9 Å². The van der Waals surface area contributed by atoms with Crippen LogP contribution in [-0.2, 0) is 0 Å². The minimum absolute atomic E-state index is 0.0275. The Morgan fingerprint density at radius 1 is 1.29 bits per heavy atom. The van der Waals surface area contributed by atoms with Gasteiger partial charge in [-0.2, -0.15) is 8.75 Å². The summed E-state index contributed by atoms with van der Waals surface area (Å²) in [6.07, 6.45) is 0. The molecule has 0 aliphatic rings. The van der Waals surface area contributed by atoms with Crippen molar-refractivity contribution < 1.29 is 9.90 Å². The van der Waals surface area contributed by atoms with Gasteiger partial charge in [0, 0.05) is 11.4 Å². The van der Waals surface area contributed by atoms with Crippen LogP contribution in [-0.4, -0.2) is 19.8 Å². The second-order valence-corrected chi connectivity index (χ2v) is 5.22. The van der Waals surface area contributed by atoms with Gasteiger partial charge in [0.2, 0.25) is 0 Å². The smallest absolute Gasteiger partial charge is 0.337 e. The topological polar surface area (TPSA) is 101 Å². The van der Waals surface area contributed by atoms with Gasteiger partial charge in [0.15, 0.2) is 0 Å². The molecule has 0 atom stereocenters. The molecule has 0 aliphatic carbocycles. The molecule has 0 spiro atoms. The van der Waals surface area contributed by atoms with Crippen LogP contribution in [0.3, 0.4) is 0 Å². The van der Waals surface area contributed by atoms with Crippen molar-refractivity contribution in [3.8, 4) is 0 Å². The number of nitrogens with one attached hydrogen (secondary N) is 1. The Bertz CT molecular complexity index is 849. The Morgan fingerprint density at radius 3 is 2.86 bits per heavy atom. The van der Waals surface area contributed by atoms with E-state index in [9.17, 15) is 4.79 Å². The van der Waals surface area contributed by atoms with Crippen LogP contribution in [0.5, 0.6) is 0 Å². The number of fused-ring (bicyclic) bond motifs is 1. The van der Waals surface area contributed by atoms with Crippen molar-refractivity contribution in [2.75, 3.05) is 11.1 Å². The molecule has 1 heterocycles. The Balaban J connectivity index is 2.06. The number of carboxylic acid groups (broad SMARTS) is 1. The molecule has 0 fully saturated rings. The fourth-order valence-electron chi connectivity index (χ4n) is 1.91. The number of hydrogen-bond acceptors (Lipinski definition) is 6. The Labute approximate surface area is 128 Å². The number of aromatic carboxylic acids is 1. The van der Waals surface area contributed by atoms with E-state index in [2.05, 4.69) is 14.1 Å². The van der Waals surface area contributed by atoms with E-state index in [1.54, 1.807) is 18.2 Å². The lowest BCUT2D eigenvalue weighted by Gasteiger charge is -2.10. The molecule has 21 heavy (non-hydrogen) atoms. The Kier molecular flexibility index (Phi) is 3.36. The zero-order valence-electron chi connectivity index (χ0n) is 10.5. The summed E-state index contributed by atoms with van der Waals surface area (Å²) in [6, 6.07) is 8.14. The number of carboxylic acids is 1. The highest BCUT2D eigenvalue weighted by Gasteiger charge is 2.13. The summed E-state index contributed by atoms with van der Waals surface area (Å²) in [5, 5.41) is 12.6. The standard InChI is InChI=1S/C13H9ClN4O2S/c14-8-2-4-10-12(18-21-17-10)11(8)16-6-1-3-9(15)7(5-6)13(19)20/h1-5,16H,15H2,(H,19,20). The molecule has 4 N–H and O–H groups in total. The summed E-state index contributed by atoms with van der Waals surface area (Å²) in [6.45, 7) is 0. The summed E-state index contributed by atoms with van der Waals surface area (Å²) in [7, 11) is 0. The average Bonchev–Trinajstić information content (AvgIpc) is 2.92. The maximum atomic E-state index is 11.1. The van der Waals surface area contributed by atoms with E-state index in [-0.39, 0.29) is 11.3 Å². The maximum absolute atomic E-state index is 11.1. The van der Waals surface area contributed by atoms with Crippen LogP contribution in [0.2, 0.25) is 5.02 Å². The van der Waals surface area contributed by atoms with Gasteiger partial charge in [-0.1, -0.05) is 11.6 Å². The lowest BCUT2D eigenvalue weighted by atomic mass is 10.1. The molecule has 0 saturated carbocycles. The Hall–Kier alpha value is -2.38. The summed E-state index contributed by atoms with van der Waals surface area (Å²) in [5.74, 6) is -1.09. The summed E-state index contributed by atoms with van der Waals surface area (Å²) >= 11 is 7.26. The van der Waals surface area contributed by atoms with Gasteiger partial charge in [-0.25, -0.2) is 4.79 Å². The molecule has 0 saturated heterocycles. The lowest BCUT2D eigenvalue weighted by molar-refractivity contribution is 0.0698. The van der Waals surface area contributed by atoms with Crippen LogP contribution in [0.15, 0.2) is 30.3 Å². The van der Waals surface area contributed by atoms with Crippen molar-refractivity contribution in [3.05, 3.63) is 40.9 Å². The van der Waals surface area contributed by atoms with Crippen LogP contribution in [0.25, 0.3) is 11.0 Å². The van der Waals surface area contributed by atoms with E-state index < -0.39 is 5.97 Å². The lowest BCUT2D eigenvalue weighted by Crippen LogP contribution is -2.03. The zero-order chi connectivity index (χ0) is 15.0. The van der Waals surface area contributed by atoms with Gasteiger partial charge in [0.1, 0.15) is 11.0 Å². The number of anilines is 3. The van der Waals surface area contributed by atoms with Gasteiger partial charge < -0.3 is 16.2 Å². The first-order valence-corrected chi connectivity index (χ1v) is 6.97. The molecular formula is C13H9ClN4O2S. The molecule has 8 heteroatoms. The predicted molar refractivity (Wildman–Crippen MR) is 83.5 cm³/mol. The van der Waals surface area contributed by atoms with Crippen LogP contribution >= 0.6 is 23.3 Å². The van der Waals surface area contributed by atoms with Crippen molar-refractivity contribution in [2.45, 2.75) is 0 Å². The van der Waals surface area contributed by atoms with Crippen molar-refractivity contribution in [3.63, 3.8) is 0 Å². The molecular weight excluding hydrogens is 312 g/mol. The molecule has 3 aromatic rings. The first-order valence-electron chi connectivity index (χ1n) is 5.87. The monoisotopic (exact) mass is 320 g/mol. The number of aromatic nitrogens is 2. The minimum Gasteiger partial charge on any atom is -0.478 e. The number of rotatable bonds is 3. The average molecular weight is 321 g/mol. The molecule has 3 rings (SSSR count). The van der Waals surface area contributed by atoms with Crippen LogP contribution in [0.1, 0.15) is 10.4 Å². The van der Waals surface area contributed by atoms with Crippen molar-refractivity contribution in [1.82, 2.24) is 8.75 Å². The van der Waals surface area contributed by atoms with Crippen molar-refractivity contribution >= 4 is 57.4 Å². The number of benzene rings is 2. The van der Waals surface area contributed by atoms with Gasteiger partial charge in [-0.05, 0) is 30.3 Å². The van der Waals surface area contributed by atoms with Crippen LogP contribution in [0.4, 0.5) is 17.1 Å². The first-order chi connectivity index (χ1) is 10.1. The molecule has 0 radical (unpaired) electrons. The highest BCUT2D eigenvalue weighted by Crippen LogP contribution is 2.33. The summed E-state index contributed by atoms with van der Waals surface area (Å²) in [5.41, 5.74) is 8.37. The van der Waals surface area contributed by atoms with E-state index >= 15 is 0 Å². The van der Waals surface area contributed by atoms with E-state index in [0.717, 1.165) is 17.2 Å². The van der Waals surface area contributed by atoms with E-state index in [1.807, 2.05) is 0 Å². The third-order valence-electron chi connectivity index (χ3n) is 2.93. The quantitative estimate of drug-likeness (QED) is 0.640. The largest absolute Gasteiger partial charge is 0.478 e. The maximum Gasteiger partial charge on any atom is 0.337 e. The minimum atomic E-state index is -1.09. The highest BCUT2D eigenvalue weighted by atomic mass is 35.5. The van der Waals surface area contributed by atoms with Gasteiger partial charge in [-0.3, -0.25) is 0 Å². The third-order valence-corrected chi connectivity index (χ3v) is 3.79. The molecule has 106 valence electrons. The SMILES string of the molecule is Nc1ccc(Nc2c(Cl)ccc3nsnc23)cc1C(=O)O. The van der Waals surface area contributed by atoms with Crippen LogP contribution in [0, 0.1) is 0 Å². The summed E-state index contributed by atoms with van der Waals surface area (Å²) < 4.78 is 8.33.